The highest BCUT2D eigenvalue weighted by molar-refractivity contribution is 6.30. The Balaban J connectivity index is 2.10. The molecule has 0 aliphatic carbocycles. The van der Waals surface area contributed by atoms with Crippen LogP contribution < -0.4 is 15.6 Å². The Kier molecular flexibility index (Phi) is 6.96. The summed E-state index contributed by atoms with van der Waals surface area (Å²) in [5.41, 5.74) is 3.89. The molecule has 7 heteroatoms. The lowest BCUT2D eigenvalue weighted by Crippen LogP contribution is -2.14. The molecule has 0 aliphatic rings. The third-order valence-corrected chi connectivity index (χ3v) is 3.52. The largest absolute Gasteiger partial charge is 0.363 e. The molecule has 0 fully saturated rings. The van der Waals surface area contributed by atoms with Gasteiger partial charge in [0.05, 0.1) is 6.21 Å². The van der Waals surface area contributed by atoms with Gasteiger partial charge in [0, 0.05) is 31.6 Å². The highest BCUT2D eigenvalue weighted by Gasteiger charge is 2.06. The highest BCUT2D eigenvalue weighted by Crippen LogP contribution is 2.15. The van der Waals surface area contributed by atoms with E-state index >= 15 is 0 Å². The number of anilines is 2. The van der Waals surface area contributed by atoms with E-state index in [4.69, 9.17) is 11.6 Å². The lowest BCUT2D eigenvalue weighted by Gasteiger charge is -2.14. The van der Waals surface area contributed by atoms with Crippen molar-refractivity contribution in [2.75, 3.05) is 38.0 Å². The maximum atomic E-state index is 5.96. The van der Waals surface area contributed by atoms with Crippen molar-refractivity contribution in [2.24, 2.45) is 5.10 Å². The fourth-order valence-electron chi connectivity index (χ4n) is 2.06. The van der Waals surface area contributed by atoms with Crippen LogP contribution >= 0.6 is 11.6 Å². The molecular formula is C17H23ClN6. The molecule has 1 aromatic heterocycles. The second kappa shape index (κ2) is 9.20. The van der Waals surface area contributed by atoms with Crippen LogP contribution in [0.25, 0.3) is 0 Å². The second-order valence-electron chi connectivity index (χ2n) is 5.55. The van der Waals surface area contributed by atoms with E-state index in [2.05, 4.69) is 25.8 Å². The zero-order valence-electron chi connectivity index (χ0n) is 14.3. The maximum Gasteiger partial charge on any atom is 0.152 e. The Labute approximate surface area is 148 Å². The van der Waals surface area contributed by atoms with Gasteiger partial charge in [-0.15, -0.1) is 0 Å². The summed E-state index contributed by atoms with van der Waals surface area (Å²) in [5, 5.41) is 8.05. The number of aromatic nitrogens is 2. The Morgan fingerprint density at radius 1 is 1.25 bits per heavy atom. The van der Waals surface area contributed by atoms with Crippen LogP contribution in [-0.2, 0) is 6.42 Å². The minimum atomic E-state index is 0.673. The molecule has 0 unspecified atom stereocenters. The molecule has 0 spiro atoms. The third-order valence-electron chi connectivity index (χ3n) is 3.29. The molecule has 2 N–H and O–H groups in total. The van der Waals surface area contributed by atoms with Crippen molar-refractivity contribution in [3.05, 3.63) is 46.7 Å². The van der Waals surface area contributed by atoms with Gasteiger partial charge in [0.25, 0.3) is 0 Å². The molecule has 1 aromatic carbocycles. The molecule has 0 atom stereocenters. The molecule has 0 aliphatic heterocycles. The van der Waals surface area contributed by atoms with Crippen molar-refractivity contribution < 1.29 is 0 Å². The first-order valence-corrected chi connectivity index (χ1v) is 8.21. The van der Waals surface area contributed by atoms with Crippen LogP contribution in [0.4, 0.5) is 11.6 Å². The van der Waals surface area contributed by atoms with Gasteiger partial charge < -0.3 is 10.2 Å². The van der Waals surface area contributed by atoms with Crippen LogP contribution in [0.15, 0.2) is 35.4 Å². The number of hydrogen-bond donors (Lipinski definition) is 2. The lowest BCUT2D eigenvalue weighted by atomic mass is 10.2. The summed E-state index contributed by atoms with van der Waals surface area (Å²) in [6.45, 7) is 0.936. The molecule has 128 valence electrons. The molecule has 1 heterocycles. The number of nitrogens with one attached hydrogen (secondary N) is 2. The first-order valence-electron chi connectivity index (χ1n) is 7.83. The lowest BCUT2D eigenvalue weighted by molar-refractivity contribution is 0.702. The topological polar surface area (TPSA) is 65.4 Å². The van der Waals surface area contributed by atoms with E-state index in [-0.39, 0.29) is 0 Å². The van der Waals surface area contributed by atoms with Crippen molar-refractivity contribution in [2.45, 2.75) is 12.8 Å². The molecule has 0 saturated heterocycles. The van der Waals surface area contributed by atoms with Crippen molar-refractivity contribution in [3.63, 3.8) is 0 Å². The first kappa shape index (κ1) is 18.2. The van der Waals surface area contributed by atoms with Crippen LogP contribution in [0, 0.1) is 0 Å². The van der Waals surface area contributed by atoms with Crippen molar-refractivity contribution in [1.82, 2.24) is 15.3 Å². The number of hydrazone groups is 1. The standard InChI is InChI=1S/C17H23ClN6/c1-19-9-5-8-15-21-16(11-17(22-15)24(2)3)23-20-12-13-6-4-7-14(18)10-13/h4,6-7,10-12,19H,5,8-9H2,1-3H3,(H,21,22,23). The fraction of sp³-hybridized carbons (Fsp3) is 0.353. The van der Waals surface area contributed by atoms with Crippen molar-refractivity contribution in [3.8, 4) is 0 Å². The number of halogens is 1. The van der Waals surface area contributed by atoms with Gasteiger partial charge in [-0.3, -0.25) is 5.43 Å². The van der Waals surface area contributed by atoms with Gasteiger partial charge in [-0.25, -0.2) is 9.97 Å². The maximum absolute atomic E-state index is 5.96. The quantitative estimate of drug-likeness (QED) is 0.437. The Bertz CT molecular complexity index is 687. The summed E-state index contributed by atoms with van der Waals surface area (Å²) < 4.78 is 0. The predicted molar refractivity (Wildman–Crippen MR) is 101 cm³/mol. The summed E-state index contributed by atoms with van der Waals surface area (Å²) in [6, 6.07) is 9.37. The zero-order valence-corrected chi connectivity index (χ0v) is 15.0. The number of nitrogens with zero attached hydrogens (tertiary/aromatic N) is 4. The van der Waals surface area contributed by atoms with Gasteiger partial charge in [0.15, 0.2) is 5.82 Å². The number of hydrogen-bond acceptors (Lipinski definition) is 6. The van der Waals surface area contributed by atoms with E-state index in [0.29, 0.717) is 10.8 Å². The van der Waals surface area contributed by atoms with Gasteiger partial charge in [-0.05, 0) is 37.7 Å². The minimum absolute atomic E-state index is 0.673. The summed E-state index contributed by atoms with van der Waals surface area (Å²) >= 11 is 5.96. The summed E-state index contributed by atoms with van der Waals surface area (Å²) in [5.74, 6) is 2.33. The van der Waals surface area contributed by atoms with Crippen molar-refractivity contribution in [1.29, 1.82) is 0 Å². The molecule has 0 radical (unpaired) electrons. The summed E-state index contributed by atoms with van der Waals surface area (Å²) in [4.78, 5) is 11.0. The molecule has 0 amide bonds. The Hall–Kier alpha value is -2.18. The van der Waals surface area contributed by atoms with Gasteiger partial charge in [0.1, 0.15) is 11.6 Å². The average molecular weight is 347 g/mol. The monoisotopic (exact) mass is 346 g/mol. The van der Waals surface area contributed by atoms with E-state index in [1.807, 2.05) is 56.4 Å². The predicted octanol–water partition coefficient (Wildman–Crippen LogP) is 2.79. The molecule has 0 saturated carbocycles. The van der Waals surface area contributed by atoms with Crippen LogP contribution in [-0.4, -0.2) is 43.9 Å². The van der Waals surface area contributed by atoms with Crippen LogP contribution in [0.5, 0.6) is 0 Å². The van der Waals surface area contributed by atoms with Crippen molar-refractivity contribution >= 4 is 29.5 Å². The molecule has 2 aromatic rings. The molecule has 0 bridgehead atoms. The van der Waals surface area contributed by atoms with E-state index < -0.39 is 0 Å². The van der Waals surface area contributed by atoms with Crippen LogP contribution in [0.3, 0.4) is 0 Å². The summed E-state index contributed by atoms with van der Waals surface area (Å²) in [7, 11) is 5.85. The first-order chi connectivity index (χ1) is 11.6. The highest BCUT2D eigenvalue weighted by atomic mass is 35.5. The molecule has 24 heavy (non-hydrogen) atoms. The normalized spacial score (nSPS) is 11.0. The van der Waals surface area contributed by atoms with Gasteiger partial charge in [-0.2, -0.15) is 5.10 Å². The van der Waals surface area contributed by atoms with E-state index in [1.54, 1.807) is 6.21 Å². The second-order valence-corrected chi connectivity index (χ2v) is 5.99. The van der Waals surface area contributed by atoms with E-state index in [1.165, 1.54) is 0 Å². The molecule has 6 nitrogen and oxygen atoms in total. The number of benzene rings is 1. The number of rotatable bonds is 8. The van der Waals surface area contributed by atoms with E-state index in [9.17, 15) is 0 Å². The Morgan fingerprint density at radius 3 is 2.79 bits per heavy atom. The van der Waals surface area contributed by atoms with Crippen LogP contribution in [0.2, 0.25) is 5.02 Å². The molecule has 2 rings (SSSR count). The minimum Gasteiger partial charge on any atom is -0.363 e. The van der Waals surface area contributed by atoms with E-state index in [0.717, 1.165) is 36.6 Å². The van der Waals surface area contributed by atoms with Gasteiger partial charge in [0.2, 0.25) is 0 Å². The fourth-order valence-corrected chi connectivity index (χ4v) is 2.26. The smallest absolute Gasteiger partial charge is 0.152 e. The Morgan fingerprint density at radius 2 is 2.08 bits per heavy atom. The summed E-state index contributed by atoms with van der Waals surface area (Å²) in [6.07, 6.45) is 3.51. The number of aryl methyl sites for hydroxylation is 1. The van der Waals surface area contributed by atoms with Crippen LogP contribution in [0.1, 0.15) is 17.8 Å². The molecular weight excluding hydrogens is 324 g/mol. The van der Waals surface area contributed by atoms with Gasteiger partial charge in [-0.1, -0.05) is 23.7 Å². The third kappa shape index (κ3) is 5.79. The van der Waals surface area contributed by atoms with Gasteiger partial charge >= 0.3 is 0 Å². The SMILES string of the molecule is CNCCCc1nc(NN=Cc2cccc(Cl)c2)cc(N(C)C)n1. The average Bonchev–Trinajstić information content (AvgIpc) is 2.55. The zero-order chi connectivity index (χ0) is 17.4.